The van der Waals surface area contributed by atoms with Crippen LogP contribution in [0.2, 0.25) is 0 Å². The van der Waals surface area contributed by atoms with Gasteiger partial charge in [0.25, 0.3) is 0 Å². The molecule has 0 bridgehead atoms. The molecule has 0 saturated heterocycles. The number of phenolic OH excluding ortho intramolecular Hbond substituents is 1. The highest BCUT2D eigenvalue weighted by Crippen LogP contribution is 2.37. The SMILES string of the molecule is COc1ccc(-n2c(-c3cc(C(C)C)ccc3O)n[nH]c2=S)cc1N(C)CC1CC1. The van der Waals surface area contributed by atoms with Crippen molar-refractivity contribution in [2.75, 3.05) is 25.6 Å². The lowest BCUT2D eigenvalue weighted by atomic mass is 10.00. The third kappa shape index (κ3) is 3.94. The zero-order chi connectivity index (χ0) is 21.4. The lowest BCUT2D eigenvalue weighted by molar-refractivity contribution is 0.414. The van der Waals surface area contributed by atoms with E-state index in [1.165, 1.54) is 12.8 Å². The van der Waals surface area contributed by atoms with Crippen LogP contribution in [0, 0.1) is 10.7 Å². The number of hydrogen-bond donors (Lipinski definition) is 2. The Labute approximate surface area is 182 Å². The van der Waals surface area contributed by atoms with Crippen molar-refractivity contribution in [3.05, 3.63) is 46.7 Å². The zero-order valence-electron chi connectivity index (χ0n) is 17.8. The van der Waals surface area contributed by atoms with E-state index < -0.39 is 0 Å². The number of anilines is 1. The lowest BCUT2D eigenvalue weighted by Crippen LogP contribution is -2.20. The average Bonchev–Trinajstić information content (AvgIpc) is 3.46. The van der Waals surface area contributed by atoms with Crippen LogP contribution < -0.4 is 9.64 Å². The summed E-state index contributed by atoms with van der Waals surface area (Å²) in [6.45, 7) is 5.25. The summed E-state index contributed by atoms with van der Waals surface area (Å²) in [5.41, 5.74) is 3.66. The van der Waals surface area contributed by atoms with E-state index in [2.05, 4.69) is 42.1 Å². The van der Waals surface area contributed by atoms with Crippen LogP contribution in [0.5, 0.6) is 11.5 Å². The van der Waals surface area contributed by atoms with E-state index in [4.69, 9.17) is 17.0 Å². The Hall–Kier alpha value is -2.80. The fraction of sp³-hybridized carbons (Fsp3) is 0.391. The molecule has 7 heteroatoms. The Morgan fingerprint density at radius 1 is 1.27 bits per heavy atom. The van der Waals surface area contributed by atoms with Gasteiger partial charge in [-0.25, -0.2) is 0 Å². The molecule has 3 aromatic rings. The highest BCUT2D eigenvalue weighted by atomic mass is 32.1. The Kier molecular flexibility index (Phi) is 5.56. The number of nitrogens with one attached hydrogen (secondary N) is 1. The quantitative estimate of drug-likeness (QED) is 0.505. The minimum atomic E-state index is 0.175. The molecule has 1 heterocycles. The van der Waals surface area contributed by atoms with Crippen LogP contribution in [0.15, 0.2) is 36.4 Å². The van der Waals surface area contributed by atoms with Crippen LogP contribution in [0.1, 0.15) is 38.2 Å². The van der Waals surface area contributed by atoms with Crippen molar-refractivity contribution in [2.45, 2.75) is 32.6 Å². The van der Waals surface area contributed by atoms with Gasteiger partial charge in [-0.05, 0) is 72.8 Å². The van der Waals surface area contributed by atoms with Gasteiger partial charge in [0.2, 0.25) is 0 Å². The third-order valence-electron chi connectivity index (χ3n) is 5.66. The molecule has 6 nitrogen and oxygen atoms in total. The second-order valence-electron chi connectivity index (χ2n) is 8.30. The first kappa shape index (κ1) is 20.5. The van der Waals surface area contributed by atoms with E-state index >= 15 is 0 Å². The molecule has 1 saturated carbocycles. The largest absolute Gasteiger partial charge is 0.507 e. The number of benzene rings is 2. The highest BCUT2D eigenvalue weighted by molar-refractivity contribution is 7.71. The summed E-state index contributed by atoms with van der Waals surface area (Å²) >= 11 is 5.55. The number of aromatic amines is 1. The number of H-pyrrole nitrogens is 1. The van der Waals surface area contributed by atoms with Crippen molar-refractivity contribution >= 4 is 17.9 Å². The van der Waals surface area contributed by atoms with Gasteiger partial charge in [0.15, 0.2) is 10.6 Å². The molecule has 30 heavy (non-hydrogen) atoms. The minimum Gasteiger partial charge on any atom is -0.507 e. The molecule has 0 amide bonds. The van der Waals surface area contributed by atoms with Crippen molar-refractivity contribution < 1.29 is 9.84 Å². The molecule has 0 aliphatic heterocycles. The fourth-order valence-electron chi connectivity index (χ4n) is 3.71. The molecule has 4 rings (SSSR count). The summed E-state index contributed by atoms with van der Waals surface area (Å²) in [5, 5.41) is 17.9. The van der Waals surface area contributed by atoms with Gasteiger partial charge in [0.05, 0.1) is 24.0 Å². The van der Waals surface area contributed by atoms with Crippen molar-refractivity contribution in [3.63, 3.8) is 0 Å². The van der Waals surface area contributed by atoms with Crippen LogP contribution in [-0.4, -0.2) is 40.6 Å². The van der Waals surface area contributed by atoms with Crippen molar-refractivity contribution in [1.82, 2.24) is 14.8 Å². The van der Waals surface area contributed by atoms with Gasteiger partial charge in [-0.1, -0.05) is 19.9 Å². The second kappa shape index (κ2) is 8.14. The maximum absolute atomic E-state index is 10.6. The number of hydrogen-bond acceptors (Lipinski definition) is 5. The van der Waals surface area contributed by atoms with Gasteiger partial charge >= 0.3 is 0 Å². The van der Waals surface area contributed by atoms with Gasteiger partial charge < -0.3 is 14.7 Å². The average molecular weight is 425 g/mol. The molecule has 2 N–H and O–H groups in total. The van der Waals surface area contributed by atoms with E-state index in [0.29, 0.717) is 22.1 Å². The summed E-state index contributed by atoms with van der Waals surface area (Å²) in [6.07, 6.45) is 2.57. The van der Waals surface area contributed by atoms with Gasteiger partial charge in [-0.3, -0.25) is 9.67 Å². The monoisotopic (exact) mass is 424 g/mol. The predicted molar refractivity (Wildman–Crippen MR) is 122 cm³/mol. The van der Waals surface area contributed by atoms with Crippen LogP contribution in [0.4, 0.5) is 5.69 Å². The van der Waals surface area contributed by atoms with Crippen LogP contribution in [0.3, 0.4) is 0 Å². The number of aromatic hydroxyl groups is 1. The summed E-state index contributed by atoms with van der Waals surface area (Å²) < 4.78 is 7.94. The van der Waals surface area contributed by atoms with Crippen LogP contribution in [0.25, 0.3) is 17.1 Å². The Bertz CT molecular complexity index is 1110. The topological polar surface area (TPSA) is 66.3 Å². The van der Waals surface area contributed by atoms with E-state index in [1.54, 1.807) is 13.2 Å². The number of aromatic nitrogens is 3. The molecule has 1 aromatic heterocycles. The molecule has 1 fully saturated rings. The van der Waals surface area contributed by atoms with Crippen molar-refractivity contribution in [3.8, 4) is 28.6 Å². The lowest BCUT2D eigenvalue weighted by Gasteiger charge is -2.23. The minimum absolute atomic E-state index is 0.175. The first-order chi connectivity index (χ1) is 14.4. The molecule has 0 atom stereocenters. The number of rotatable bonds is 7. The first-order valence-electron chi connectivity index (χ1n) is 10.3. The van der Waals surface area contributed by atoms with E-state index in [0.717, 1.165) is 35.2 Å². The Balaban J connectivity index is 1.82. The van der Waals surface area contributed by atoms with Crippen LogP contribution >= 0.6 is 12.2 Å². The summed E-state index contributed by atoms with van der Waals surface area (Å²) in [7, 11) is 3.78. The molecule has 1 aliphatic rings. The normalized spacial score (nSPS) is 13.6. The first-order valence-corrected chi connectivity index (χ1v) is 10.7. The van der Waals surface area contributed by atoms with Gasteiger partial charge in [-0.2, -0.15) is 5.10 Å². The second-order valence-corrected chi connectivity index (χ2v) is 8.69. The standard InChI is InChI=1S/C23H28N4O2S/c1-14(2)16-7-9-20(28)18(11-16)22-24-25-23(30)27(22)17-8-10-21(29-4)19(12-17)26(3)13-15-5-6-15/h7-12,14-15,28H,5-6,13H2,1-4H3,(H,25,30). The summed E-state index contributed by atoms with van der Waals surface area (Å²) in [5.74, 6) is 2.67. The number of ether oxygens (including phenoxy) is 1. The maximum atomic E-state index is 10.6. The molecular formula is C23H28N4O2S. The molecule has 0 radical (unpaired) electrons. The molecule has 1 aliphatic carbocycles. The molecule has 2 aromatic carbocycles. The molecule has 158 valence electrons. The number of phenols is 1. The molecule has 0 spiro atoms. The Morgan fingerprint density at radius 2 is 2.03 bits per heavy atom. The van der Waals surface area contributed by atoms with Gasteiger partial charge in [0.1, 0.15) is 11.5 Å². The van der Waals surface area contributed by atoms with E-state index in [9.17, 15) is 5.11 Å². The van der Waals surface area contributed by atoms with E-state index in [-0.39, 0.29) is 5.75 Å². The summed E-state index contributed by atoms with van der Waals surface area (Å²) in [4.78, 5) is 2.24. The zero-order valence-corrected chi connectivity index (χ0v) is 18.7. The van der Waals surface area contributed by atoms with Crippen molar-refractivity contribution in [1.29, 1.82) is 0 Å². The maximum Gasteiger partial charge on any atom is 0.200 e. The van der Waals surface area contributed by atoms with Gasteiger partial charge in [0, 0.05) is 13.6 Å². The fourth-order valence-corrected chi connectivity index (χ4v) is 3.95. The predicted octanol–water partition coefficient (Wildman–Crippen LogP) is 5.28. The van der Waals surface area contributed by atoms with Crippen LogP contribution in [-0.2, 0) is 0 Å². The molecular weight excluding hydrogens is 396 g/mol. The number of methoxy groups -OCH3 is 1. The van der Waals surface area contributed by atoms with Crippen molar-refractivity contribution in [2.24, 2.45) is 5.92 Å². The molecule has 0 unspecified atom stereocenters. The Morgan fingerprint density at radius 3 is 2.70 bits per heavy atom. The highest BCUT2D eigenvalue weighted by Gasteiger charge is 2.24. The third-order valence-corrected chi connectivity index (χ3v) is 5.94. The summed E-state index contributed by atoms with van der Waals surface area (Å²) in [6, 6.07) is 11.6. The van der Waals surface area contributed by atoms with E-state index in [1.807, 2.05) is 28.8 Å². The number of nitrogens with zero attached hydrogens (tertiary/aromatic N) is 3. The van der Waals surface area contributed by atoms with Gasteiger partial charge in [-0.15, -0.1) is 0 Å². The smallest absolute Gasteiger partial charge is 0.200 e.